The molecule has 0 saturated carbocycles. The van der Waals surface area contributed by atoms with Gasteiger partial charge in [0.1, 0.15) is 6.04 Å². The molecule has 1 rings (SSSR count). The first-order valence-corrected chi connectivity index (χ1v) is 7.30. The molecular weight excluding hydrogens is 286 g/mol. The number of carboxylic acid groups (broad SMARTS) is 1. The fourth-order valence-corrected chi connectivity index (χ4v) is 2.61. The minimum Gasteiger partial charge on any atom is -0.480 e. The summed E-state index contributed by atoms with van der Waals surface area (Å²) in [5.74, 6) is -0.700. The van der Waals surface area contributed by atoms with Crippen LogP contribution in [0, 0.1) is 0 Å². The average Bonchev–Trinajstić information content (AvgIpc) is 2.38. The monoisotopic (exact) mass is 301 g/mol. The first-order valence-electron chi connectivity index (χ1n) is 5.94. The van der Waals surface area contributed by atoms with Crippen molar-refractivity contribution < 1.29 is 14.7 Å². The van der Waals surface area contributed by atoms with E-state index in [2.05, 4.69) is 5.32 Å². The molecule has 0 radical (unpaired) electrons. The van der Waals surface area contributed by atoms with Crippen LogP contribution in [0.5, 0.6) is 0 Å². The number of carbonyl (C=O) groups excluding carboxylic acids is 1. The van der Waals surface area contributed by atoms with E-state index in [0.29, 0.717) is 17.2 Å². The van der Waals surface area contributed by atoms with E-state index in [0.717, 1.165) is 4.90 Å². The van der Waals surface area contributed by atoms with Crippen molar-refractivity contribution in [2.24, 2.45) is 0 Å². The third kappa shape index (κ3) is 5.53. The van der Waals surface area contributed by atoms with Gasteiger partial charge in [-0.05, 0) is 18.6 Å². The molecule has 0 fully saturated rings. The number of hydrogen-bond donors (Lipinski definition) is 2. The fraction of sp³-hybridized carbons (Fsp3) is 0.385. The number of aliphatic carboxylic acids is 1. The van der Waals surface area contributed by atoms with E-state index in [1.54, 1.807) is 13.0 Å². The van der Waals surface area contributed by atoms with Gasteiger partial charge >= 0.3 is 5.97 Å². The molecule has 1 atom stereocenters. The lowest BCUT2D eigenvalue weighted by Gasteiger charge is -2.12. The van der Waals surface area contributed by atoms with Gasteiger partial charge in [0.15, 0.2) is 0 Å². The van der Waals surface area contributed by atoms with Gasteiger partial charge in [0, 0.05) is 17.1 Å². The van der Waals surface area contributed by atoms with Crippen LogP contribution in [-0.2, 0) is 9.59 Å². The van der Waals surface area contributed by atoms with Gasteiger partial charge in [-0.25, -0.2) is 4.79 Å². The first kappa shape index (κ1) is 15.9. The number of thioether (sulfide) groups is 1. The van der Waals surface area contributed by atoms with E-state index < -0.39 is 12.0 Å². The highest BCUT2D eigenvalue weighted by Crippen LogP contribution is 2.26. The van der Waals surface area contributed by atoms with Crippen LogP contribution in [0.1, 0.15) is 19.8 Å². The molecule has 0 spiro atoms. The highest BCUT2D eigenvalue weighted by Gasteiger charge is 2.17. The van der Waals surface area contributed by atoms with Crippen molar-refractivity contribution in [3.63, 3.8) is 0 Å². The Kier molecular flexibility index (Phi) is 6.73. The van der Waals surface area contributed by atoms with Crippen LogP contribution in [0.25, 0.3) is 0 Å². The SMILES string of the molecule is CC[C@H](NC(=O)CCSc1ccccc1Cl)C(=O)O. The Morgan fingerprint density at radius 1 is 1.42 bits per heavy atom. The lowest BCUT2D eigenvalue weighted by molar-refractivity contribution is -0.141. The predicted octanol–water partition coefficient (Wildman–Crippen LogP) is 2.80. The zero-order valence-corrected chi connectivity index (χ0v) is 12.1. The van der Waals surface area contributed by atoms with E-state index >= 15 is 0 Å². The summed E-state index contributed by atoms with van der Waals surface area (Å²) in [4.78, 5) is 23.3. The van der Waals surface area contributed by atoms with Crippen molar-refractivity contribution in [2.45, 2.75) is 30.7 Å². The summed E-state index contributed by atoms with van der Waals surface area (Å²) in [5.41, 5.74) is 0. The second kappa shape index (κ2) is 8.07. The van der Waals surface area contributed by atoms with Gasteiger partial charge in [0.25, 0.3) is 0 Å². The third-order valence-electron chi connectivity index (χ3n) is 2.46. The van der Waals surface area contributed by atoms with Crippen molar-refractivity contribution in [3.8, 4) is 0 Å². The van der Waals surface area contributed by atoms with Crippen LogP contribution in [0.2, 0.25) is 5.02 Å². The number of rotatable bonds is 7. The van der Waals surface area contributed by atoms with E-state index in [1.807, 2.05) is 18.2 Å². The summed E-state index contributed by atoms with van der Waals surface area (Å²) < 4.78 is 0. The number of carboxylic acids is 1. The zero-order chi connectivity index (χ0) is 14.3. The minimum absolute atomic E-state index is 0.256. The molecule has 104 valence electrons. The smallest absolute Gasteiger partial charge is 0.326 e. The van der Waals surface area contributed by atoms with Crippen LogP contribution in [-0.4, -0.2) is 28.8 Å². The third-order valence-corrected chi connectivity index (χ3v) is 3.98. The summed E-state index contributed by atoms with van der Waals surface area (Å²) >= 11 is 7.47. The lowest BCUT2D eigenvalue weighted by atomic mass is 10.2. The van der Waals surface area contributed by atoms with Crippen molar-refractivity contribution in [1.82, 2.24) is 5.32 Å². The Hall–Kier alpha value is -1.20. The summed E-state index contributed by atoms with van der Waals surface area (Å²) in [6.45, 7) is 1.72. The number of carbonyl (C=O) groups is 2. The van der Waals surface area contributed by atoms with E-state index in [4.69, 9.17) is 16.7 Å². The fourth-order valence-electron chi connectivity index (χ4n) is 1.42. The Bertz CT molecular complexity index is 453. The van der Waals surface area contributed by atoms with E-state index in [1.165, 1.54) is 11.8 Å². The Morgan fingerprint density at radius 2 is 2.11 bits per heavy atom. The van der Waals surface area contributed by atoms with Gasteiger partial charge in [-0.3, -0.25) is 4.79 Å². The second-order valence-electron chi connectivity index (χ2n) is 3.90. The molecule has 0 unspecified atom stereocenters. The number of hydrogen-bond acceptors (Lipinski definition) is 3. The number of benzene rings is 1. The molecule has 1 amide bonds. The van der Waals surface area contributed by atoms with Crippen LogP contribution in [0.4, 0.5) is 0 Å². The van der Waals surface area contributed by atoms with Crippen molar-refractivity contribution in [1.29, 1.82) is 0 Å². The Morgan fingerprint density at radius 3 is 2.68 bits per heavy atom. The average molecular weight is 302 g/mol. The normalized spacial score (nSPS) is 11.9. The molecule has 0 aromatic heterocycles. The van der Waals surface area contributed by atoms with E-state index in [-0.39, 0.29) is 12.3 Å². The molecule has 1 aromatic carbocycles. The number of nitrogens with one attached hydrogen (secondary N) is 1. The Labute approximate surface area is 121 Å². The van der Waals surface area contributed by atoms with Crippen molar-refractivity contribution >= 4 is 35.2 Å². The van der Waals surface area contributed by atoms with Gasteiger partial charge in [-0.15, -0.1) is 11.8 Å². The number of amides is 1. The van der Waals surface area contributed by atoms with Gasteiger partial charge in [0.2, 0.25) is 5.91 Å². The molecule has 2 N–H and O–H groups in total. The molecule has 0 heterocycles. The summed E-state index contributed by atoms with van der Waals surface area (Å²) in [5, 5.41) is 12.0. The van der Waals surface area contributed by atoms with Gasteiger partial charge in [-0.2, -0.15) is 0 Å². The van der Waals surface area contributed by atoms with E-state index in [9.17, 15) is 9.59 Å². The molecule has 0 bridgehead atoms. The minimum atomic E-state index is -1.00. The maximum absolute atomic E-state index is 11.6. The van der Waals surface area contributed by atoms with Crippen LogP contribution in [0.15, 0.2) is 29.2 Å². The quantitative estimate of drug-likeness (QED) is 0.760. The molecule has 0 aliphatic carbocycles. The molecule has 1 aromatic rings. The highest BCUT2D eigenvalue weighted by molar-refractivity contribution is 7.99. The molecular formula is C13H16ClNO3S. The van der Waals surface area contributed by atoms with Gasteiger partial charge in [0.05, 0.1) is 5.02 Å². The first-order chi connectivity index (χ1) is 9.04. The lowest BCUT2D eigenvalue weighted by Crippen LogP contribution is -2.40. The zero-order valence-electron chi connectivity index (χ0n) is 10.6. The molecule has 19 heavy (non-hydrogen) atoms. The molecule has 4 nitrogen and oxygen atoms in total. The van der Waals surface area contributed by atoms with Crippen molar-refractivity contribution in [3.05, 3.63) is 29.3 Å². The molecule has 0 saturated heterocycles. The van der Waals surface area contributed by atoms with Crippen LogP contribution < -0.4 is 5.32 Å². The maximum atomic E-state index is 11.6. The standard InChI is InChI=1S/C13H16ClNO3S/c1-2-10(13(17)18)15-12(16)7-8-19-11-6-4-3-5-9(11)14/h3-6,10H,2,7-8H2,1H3,(H,15,16)(H,17,18)/t10-/m0/s1. The largest absolute Gasteiger partial charge is 0.480 e. The highest BCUT2D eigenvalue weighted by atomic mass is 35.5. The van der Waals surface area contributed by atoms with Crippen LogP contribution >= 0.6 is 23.4 Å². The number of halogens is 1. The van der Waals surface area contributed by atoms with Crippen molar-refractivity contribution in [2.75, 3.05) is 5.75 Å². The van der Waals surface area contributed by atoms with Gasteiger partial charge in [-0.1, -0.05) is 30.7 Å². The summed E-state index contributed by atoms with van der Waals surface area (Å²) in [6, 6.07) is 6.60. The topological polar surface area (TPSA) is 66.4 Å². The summed E-state index contributed by atoms with van der Waals surface area (Å²) in [6.07, 6.45) is 0.637. The Balaban J connectivity index is 2.35. The predicted molar refractivity (Wildman–Crippen MR) is 76.7 cm³/mol. The molecule has 6 heteroatoms. The summed E-state index contributed by atoms with van der Waals surface area (Å²) in [7, 11) is 0. The second-order valence-corrected chi connectivity index (χ2v) is 5.44. The van der Waals surface area contributed by atoms with Crippen LogP contribution in [0.3, 0.4) is 0 Å². The molecule has 0 aliphatic rings. The maximum Gasteiger partial charge on any atom is 0.326 e. The molecule has 0 aliphatic heterocycles. The van der Waals surface area contributed by atoms with Gasteiger partial charge < -0.3 is 10.4 Å².